The van der Waals surface area contributed by atoms with Crippen molar-refractivity contribution in [1.29, 1.82) is 0 Å². The van der Waals surface area contributed by atoms with Gasteiger partial charge >= 0.3 is 0 Å². The van der Waals surface area contributed by atoms with Gasteiger partial charge in [0.2, 0.25) is 0 Å². The van der Waals surface area contributed by atoms with Crippen LogP contribution in [0.5, 0.6) is 5.75 Å². The number of amides is 1. The van der Waals surface area contributed by atoms with Crippen LogP contribution in [0, 0.1) is 13.8 Å². The number of fused-ring (bicyclic) bond motifs is 1. The van der Waals surface area contributed by atoms with Crippen LogP contribution >= 0.6 is 11.3 Å². The fraction of sp³-hybridized carbons (Fsp3) is 0.450. The average molecular weight is 416 g/mol. The molecule has 9 heteroatoms. The zero-order chi connectivity index (χ0) is 20.9. The van der Waals surface area contributed by atoms with Gasteiger partial charge in [-0.25, -0.2) is 4.68 Å². The maximum atomic E-state index is 12.2. The molecule has 1 aliphatic heterocycles. The van der Waals surface area contributed by atoms with E-state index in [2.05, 4.69) is 15.4 Å². The van der Waals surface area contributed by atoms with E-state index >= 15 is 0 Å². The van der Waals surface area contributed by atoms with Crippen LogP contribution in [-0.4, -0.2) is 60.5 Å². The van der Waals surface area contributed by atoms with Gasteiger partial charge < -0.3 is 20.4 Å². The van der Waals surface area contributed by atoms with Gasteiger partial charge in [-0.15, -0.1) is 5.10 Å². The van der Waals surface area contributed by atoms with Crippen molar-refractivity contribution in [3.63, 3.8) is 0 Å². The molecule has 0 saturated carbocycles. The van der Waals surface area contributed by atoms with Crippen LogP contribution < -0.4 is 5.32 Å². The zero-order valence-corrected chi connectivity index (χ0v) is 17.7. The number of aromatic hydroxyl groups is 1. The lowest BCUT2D eigenvalue weighted by atomic mass is 10.1. The van der Waals surface area contributed by atoms with Crippen molar-refractivity contribution in [2.75, 3.05) is 18.4 Å². The molecule has 0 aliphatic carbocycles. The first-order valence-electron chi connectivity index (χ1n) is 9.57. The highest BCUT2D eigenvalue weighted by molar-refractivity contribution is 7.22. The van der Waals surface area contributed by atoms with Gasteiger partial charge in [-0.3, -0.25) is 4.79 Å². The third-order valence-corrected chi connectivity index (χ3v) is 5.97. The third kappa shape index (κ3) is 3.79. The minimum absolute atomic E-state index is 0.0899. The number of aliphatic hydroxyl groups is 1. The first-order chi connectivity index (χ1) is 13.6. The van der Waals surface area contributed by atoms with E-state index in [1.165, 1.54) is 25.2 Å². The highest BCUT2D eigenvalue weighted by Crippen LogP contribution is 2.31. The predicted octanol–water partition coefficient (Wildman–Crippen LogP) is 2.59. The van der Waals surface area contributed by atoms with Crippen molar-refractivity contribution in [3.8, 4) is 11.4 Å². The van der Waals surface area contributed by atoms with Crippen LogP contribution in [0.2, 0.25) is 0 Å². The van der Waals surface area contributed by atoms with Crippen LogP contribution in [0.15, 0.2) is 18.3 Å². The van der Waals surface area contributed by atoms with Crippen molar-refractivity contribution in [2.24, 2.45) is 0 Å². The van der Waals surface area contributed by atoms with E-state index in [0.717, 1.165) is 27.4 Å². The lowest BCUT2D eigenvalue weighted by molar-refractivity contribution is -0.146. The Labute approximate surface area is 172 Å². The molecule has 1 unspecified atom stereocenters. The Morgan fingerprint density at radius 3 is 2.76 bits per heavy atom. The van der Waals surface area contributed by atoms with E-state index in [1.807, 2.05) is 26.1 Å². The van der Waals surface area contributed by atoms with Crippen molar-refractivity contribution < 1.29 is 15.0 Å². The summed E-state index contributed by atoms with van der Waals surface area (Å²) in [5.41, 5.74) is 1.86. The quantitative estimate of drug-likeness (QED) is 0.605. The van der Waals surface area contributed by atoms with E-state index in [-0.39, 0.29) is 17.7 Å². The number of aromatic nitrogens is 3. The minimum Gasteiger partial charge on any atom is -0.506 e. The summed E-state index contributed by atoms with van der Waals surface area (Å²) >= 11 is 1.49. The molecule has 3 heterocycles. The van der Waals surface area contributed by atoms with Gasteiger partial charge in [0, 0.05) is 19.1 Å². The number of phenols is 1. The molecule has 0 spiro atoms. The number of nitrogens with one attached hydrogen (secondary N) is 1. The van der Waals surface area contributed by atoms with E-state index in [0.29, 0.717) is 24.4 Å². The molecule has 1 aliphatic rings. The highest BCUT2D eigenvalue weighted by atomic mass is 32.1. The average Bonchev–Trinajstić information content (AvgIpc) is 3.27. The molecule has 154 valence electrons. The Morgan fingerprint density at radius 2 is 2.10 bits per heavy atom. The Hall–Kier alpha value is -2.65. The lowest BCUT2D eigenvalue weighted by Gasteiger charge is -2.24. The van der Waals surface area contributed by atoms with Crippen LogP contribution in [0.3, 0.4) is 0 Å². The summed E-state index contributed by atoms with van der Waals surface area (Å²) in [7, 11) is 0. The molecule has 3 N–H and O–H groups in total. The fourth-order valence-electron chi connectivity index (χ4n) is 3.76. The Kier molecular flexibility index (Phi) is 4.74. The number of carbonyl (C=O) groups is 1. The molecule has 3 aromatic rings. The van der Waals surface area contributed by atoms with E-state index in [1.54, 1.807) is 15.6 Å². The van der Waals surface area contributed by atoms with E-state index in [9.17, 15) is 15.0 Å². The summed E-state index contributed by atoms with van der Waals surface area (Å²) in [6, 6.07) is 3.82. The van der Waals surface area contributed by atoms with Gasteiger partial charge in [-0.1, -0.05) is 17.4 Å². The van der Waals surface area contributed by atoms with Gasteiger partial charge in [0.25, 0.3) is 5.91 Å². The summed E-state index contributed by atoms with van der Waals surface area (Å²) in [5.74, 6) is -0.0609. The fourth-order valence-corrected chi connectivity index (χ4v) is 4.65. The van der Waals surface area contributed by atoms with Gasteiger partial charge in [-0.2, -0.15) is 4.98 Å². The van der Waals surface area contributed by atoms with Gasteiger partial charge in [0.1, 0.15) is 17.0 Å². The molecule has 1 atom stereocenters. The molecular weight excluding hydrogens is 390 g/mol. The molecule has 2 aromatic heterocycles. The van der Waals surface area contributed by atoms with Crippen molar-refractivity contribution in [3.05, 3.63) is 29.5 Å². The molecule has 8 nitrogen and oxygen atoms in total. The summed E-state index contributed by atoms with van der Waals surface area (Å²) in [6.45, 7) is 8.06. The smallest absolute Gasteiger partial charge is 0.254 e. The van der Waals surface area contributed by atoms with Crippen LogP contribution in [0.1, 0.15) is 31.4 Å². The molecule has 1 aromatic carbocycles. The van der Waals surface area contributed by atoms with Gasteiger partial charge in [0.15, 0.2) is 10.8 Å². The SMILES string of the molecule is Cc1cc(C)c(-n2cc3sc(NC4CCN(C(=O)C(C)(C)O)C4)nc3n2)c(O)c1. The highest BCUT2D eigenvalue weighted by Gasteiger charge is 2.34. The van der Waals surface area contributed by atoms with Crippen LogP contribution in [-0.2, 0) is 4.79 Å². The monoisotopic (exact) mass is 415 g/mol. The number of rotatable bonds is 4. The number of phenolic OH excluding ortho intramolecular Hbond substituents is 1. The molecule has 1 saturated heterocycles. The summed E-state index contributed by atoms with van der Waals surface area (Å²) in [4.78, 5) is 18.5. The molecule has 0 radical (unpaired) electrons. The number of anilines is 1. The summed E-state index contributed by atoms with van der Waals surface area (Å²) in [6.07, 6.45) is 2.67. The number of likely N-dealkylation sites (tertiary alicyclic amines) is 1. The third-order valence-electron chi connectivity index (χ3n) is 5.06. The van der Waals surface area contributed by atoms with Crippen molar-refractivity contribution in [1.82, 2.24) is 19.7 Å². The number of aryl methyl sites for hydroxylation is 2. The number of thiazole rings is 1. The van der Waals surface area contributed by atoms with Crippen LogP contribution in [0.25, 0.3) is 16.0 Å². The Balaban J connectivity index is 1.49. The molecule has 1 amide bonds. The van der Waals surface area contributed by atoms with Crippen LogP contribution in [0.4, 0.5) is 5.13 Å². The lowest BCUT2D eigenvalue weighted by Crippen LogP contribution is -2.44. The Bertz CT molecular complexity index is 1030. The normalized spacial score (nSPS) is 17.3. The summed E-state index contributed by atoms with van der Waals surface area (Å²) < 4.78 is 2.58. The van der Waals surface area contributed by atoms with Gasteiger partial charge in [-0.05, 0) is 51.3 Å². The molecular formula is C20H25N5O3S. The minimum atomic E-state index is -1.35. The number of hydrogen-bond acceptors (Lipinski definition) is 7. The number of hydrogen-bond donors (Lipinski definition) is 3. The number of carbonyl (C=O) groups excluding carboxylic acids is 1. The largest absolute Gasteiger partial charge is 0.506 e. The molecule has 29 heavy (non-hydrogen) atoms. The maximum Gasteiger partial charge on any atom is 0.254 e. The van der Waals surface area contributed by atoms with Crippen molar-refractivity contribution >= 4 is 32.7 Å². The number of nitrogens with zero attached hydrogens (tertiary/aromatic N) is 4. The summed E-state index contributed by atoms with van der Waals surface area (Å²) in [5, 5.41) is 28.9. The molecule has 0 bridgehead atoms. The standard InChI is InChI=1S/C20H25N5O3S/c1-11-7-12(2)16(14(26)8-11)25-10-15-17(23-25)22-19(29-15)21-13-5-6-24(9-13)18(27)20(3,4)28/h7-8,10,13,26,28H,5-6,9H2,1-4H3,(H,21,22,23). The van der Waals surface area contributed by atoms with E-state index < -0.39 is 5.60 Å². The Morgan fingerprint density at radius 1 is 1.34 bits per heavy atom. The second kappa shape index (κ2) is 7.00. The van der Waals surface area contributed by atoms with E-state index in [4.69, 9.17) is 0 Å². The second-order valence-corrected chi connectivity index (χ2v) is 9.20. The molecule has 4 rings (SSSR count). The van der Waals surface area contributed by atoms with Gasteiger partial charge in [0.05, 0.1) is 10.9 Å². The predicted molar refractivity (Wildman–Crippen MR) is 113 cm³/mol. The first-order valence-corrected chi connectivity index (χ1v) is 10.4. The second-order valence-electron chi connectivity index (χ2n) is 8.17. The molecule has 1 fully saturated rings. The zero-order valence-electron chi connectivity index (χ0n) is 16.9. The number of benzene rings is 1. The maximum absolute atomic E-state index is 12.2. The first kappa shape index (κ1) is 19.7. The topological polar surface area (TPSA) is 104 Å². The van der Waals surface area contributed by atoms with Crippen molar-refractivity contribution in [2.45, 2.75) is 45.8 Å².